The molecule has 0 saturated heterocycles. The van der Waals surface area contributed by atoms with Gasteiger partial charge in [0.05, 0.1) is 34.0 Å². The van der Waals surface area contributed by atoms with E-state index in [0.29, 0.717) is 28.7 Å². The summed E-state index contributed by atoms with van der Waals surface area (Å²) in [5.41, 5.74) is 0.759. The minimum atomic E-state index is -0.500. The molecule has 0 spiro atoms. The molecule has 0 unspecified atom stereocenters. The summed E-state index contributed by atoms with van der Waals surface area (Å²) in [4.78, 5) is 23.8. The van der Waals surface area contributed by atoms with Crippen LogP contribution in [-0.4, -0.2) is 46.9 Å². The molecule has 0 radical (unpaired) electrons. The van der Waals surface area contributed by atoms with Crippen LogP contribution in [0.25, 0.3) is 0 Å². The molecule has 8 nitrogen and oxygen atoms in total. The molecule has 2 aromatic rings. The van der Waals surface area contributed by atoms with Gasteiger partial charge in [0.15, 0.2) is 18.1 Å². The number of benzene rings is 2. The number of rotatable bonds is 8. The number of carbonyl (C=O) groups excluding carboxylic acids is 2. The lowest BCUT2D eigenvalue weighted by Crippen LogP contribution is -2.14. The second kappa shape index (κ2) is 9.33. The van der Waals surface area contributed by atoms with Crippen LogP contribution < -0.4 is 24.3 Å². The third-order valence-corrected chi connectivity index (χ3v) is 3.63. The molecule has 27 heavy (non-hydrogen) atoms. The van der Waals surface area contributed by atoms with E-state index < -0.39 is 11.9 Å². The van der Waals surface area contributed by atoms with Crippen molar-refractivity contribution in [2.45, 2.75) is 0 Å². The highest BCUT2D eigenvalue weighted by molar-refractivity contribution is 6.06. The van der Waals surface area contributed by atoms with Gasteiger partial charge in [-0.2, -0.15) is 0 Å². The molecule has 1 amide bonds. The summed E-state index contributed by atoms with van der Waals surface area (Å²) in [6, 6.07) is 9.74. The molecule has 0 saturated carbocycles. The molecule has 0 aliphatic heterocycles. The number of esters is 1. The number of anilines is 1. The number of nitrogens with one attached hydrogen (secondary N) is 1. The molecule has 0 aromatic heterocycles. The Morgan fingerprint density at radius 1 is 0.889 bits per heavy atom. The van der Waals surface area contributed by atoms with E-state index in [1.807, 2.05) is 0 Å². The predicted octanol–water partition coefficient (Wildman–Crippen LogP) is 2.52. The molecule has 2 rings (SSSR count). The van der Waals surface area contributed by atoms with Gasteiger partial charge in [-0.15, -0.1) is 0 Å². The van der Waals surface area contributed by atoms with E-state index >= 15 is 0 Å². The average molecular weight is 375 g/mol. The summed E-state index contributed by atoms with van der Waals surface area (Å²) < 4.78 is 25.6. The van der Waals surface area contributed by atoms with Crippen LogP contribution in [0.3, 0.4) is 0 Å². The third kappa shape index (κ3) is 5.04. The van der Waals surface area contributed by atoms with Gasteiger partial charge in [0.1, 0.15) is 11.5 Å². The van der Waals surface area contributed by atoms with Crippen LogP contribution in [0.15, 0.2) is 36.4 Å². The first-order valence-corrected chi connectivity index (χ1v) is 7.93. The summed E-state index contributed by atoms with van der Waals surface area (Å²) in [7, 11) is 5.71. The topological polar surface area (TPSA) is 92.3 Å². The van der Waals surface area contributed by atoms with E-state index in [2.05, 4.69) is 10.1 Å². The van der Waals surface area contributed by atoms with Crippen LogP contribution in [0.5, 0.6) is 23.0 Å². The molecule has 0 aliphatic rings. The standard InChI is InChI=1S/C19H21NO7/c1-23-15-10-17(25-3)16(24-2)9-14(15)19(22)20-12-6-5-7-13(8-12)27-11-18(21)26-4/h5-10H,11H2,1-4H3,(H,20,22). The fourth-order valence-electron chi connectivity index (χ4n) is 2.27. The first kappa shape index (κ1) is 19.9. The fraction of sp³-hybridized carbons (Fsp3) is 0.263. The highest BCUT2D eigenvalue weighted by Gasteiger charge is 2.18. The van der Waals surface area contributed by atoms with Gasteiger partial charge in [-0.05, 0) is 12.1 Å². The van der Waals surface area contributed by atoms with Crippen LogP contribution in [0.4, 0.5) is 5.69 Å². The smallest absolute Gasteiger partial charge is 0.343 e. The summed E-state index contributed by atoms with van der Waals surface area (Å²) in [6.07, 6.45) is 0. The lowest BCUT2D eigenvalue weighted by Gasteiger charge is -2.14. The summed E-state index contributed by atoms with van der Waals surface area (Å²) in [6.45, 7) is -0.225. The van der Waals surface area contributed by atoms with E-state index in [4.69, 9.17) is 18.9 Å². The Labute approximate surface area is 156 Å². The van der Waals surface area contributed by atoms with E-state index in [0.717, 1.165) is 0 Å². The van der Waals surface area contributed by atoms with Crippen molar-refractivity contribution in [3.63, 3.8) is 0 Å². The molecule has 0 atom stereocenters. The third-order valence-electron chi connectivity index (χ3n) is 3.63. The lowest BCUT2D eigenvalue weighted by molar-refractivity contribution is -0.142. The van der Waals surface area contributed by atoms with E-state index in [9.17, 15) is 9.59 Å². The van der Waals surface area contributed by atoms with Crippen molar-refractivity contribution in [1.29, 1.82) is 0 Å². The molecule has 144 valence electrons. The minimum absolute atomic E-state index is 0.225. The Morgan fingerprint density at radius 2 is 1.56 bits per heavy atom. The Bertz CT molecular complexity index is 820. The summed E-state index contributed by atoms with van der Waals surface area (Å²) in [5, 5.41) is 2.75. The van der Waals surface area contributed by atoms with Crippen molar-refractivity contribution < 1.29 is 33.3 Å². The molecular weight excluding hydrogens is 354 g/mol. The van der Waals surface area contributed by atoms with Gasteiger partial charge in [0, 0.05) is 23.9 Å². The zero-order chi connectivity index (χ0) is 19.8. The SMILES string of the molecule is COC(=O)COc1cccc(NC(=O)c2cc(OC)c(OC)cc2OC)c1. The Morgan fingerprint density at radius 3 is 2.19 bits per heavy atom. The van der Waals surface area contributed by atoms with Gasteiger partial charge in [0.2, 0.25) is 0 Å². The van der Waals surface area contributed by atoms with Gasteiger partial charge in [-0.25, -0.2) is 4.79 Å². The molecule has 1 N–H and O–H groups in total. The van der Waals surface area contributed by atoms with Gasteiger partial charge in [0.25, 0.3) is 5.91 Å². The maximum Gasteiger partial charge on any atom is 0.343 e. The minimum Gasteiger partial charge on any atom is -0.496 e. The second-order valence-electron chi connectivity index (χ2n) is 5.25. The van der Waals surface area contributed by atoms with Crippen molar-refractivity contribution in [1.82, 2.24) is 0 Å². The van der Waals surface area contributed by atoms with E-state index in [1.54, 1.807) is 30.3 Å². The van der Waals surface area contributed by atoms with E-state index in [1.165, 1.54) is 34.5 Å². The maximum absolute atomic E-state index is 12.7. The van der Waals surface area contributed by atoms with Crippen molar-refractivity contribution >= 4 is 17.6 Å². The quantitative estimate of drug-likeness (QED) is 0.709. The van der Waals surface area contributed by atoms with Crippen molar-refractivity contribution in [3.8, 4) is 23.0 Å². The van der Waals surface area contributed by atoms with Crippen LogP contribution in [0.2, 0.25) is 0 Å². The number of hydrogen-bond donors (Lipinski definition) is 1. The summed E-state index contributed by atoms with van der Waals surface area (Å²) in [5.74, 6) is 0.695. The van der Waals surface area contributed by atoms with Gasteiger partial charge in [-0.1, -0.05) is 6.07 Å². The maximum atomic E-state index is 12.7. The van der Waals surface area contributed by atoms with Crippen LogP contribution in [0.1, 0.15) is 10.4 Å². The number of ether oxygens (including phenoxy) is 5. The number of hydrogen-bond acceptors (Lipinski definition) is 7. The first-order valence-electron chi connectivity index (χ1n) is 7.93. The zero-order valence-corrected chi connectivity index (χ0v) is 15.5. The number of methoxy groups -OCH3 is 4. The van der Waals surface area contributed by atoms with E-state index in [-0.39, 0.29) is 12.2 Å². The second-order valence-corrected chi connectivity index (χ2v) is 5.25. The van der Waals surface area contributed by atoms with Crippen LogP contribution in [0, 0.1) is 0 Å². The van der Waals surface area contributed by atoms with Crippen molar-refractivity contribution in [3.05, 3.63) is 42.0 Å². The monoisotopic (exact) mass is 375 g/mol. The van der Waals surface area contributed by atoms with Crippen LogP contribution >= 0.6 is 0 Å². The Balaban J connectivity index is 2.21. The number of carbonyl (C=O) groups is 2. The van der Waals surface area contributed by atoms with Gasteiger partial charge < -0.3 is 29.0 Å². The Kier molecular flexibility index (Phi) is 6.87. The van der Waals surface area contributed by atoms with Crippen molar-refractivity contribution in [2.24, 2.45) is 0 Å². The molecule has 0 fully saturated rings. The fourth-order valence-corrected chi connectivity index (χ4v) is 2.27. The van der Waals surface area contributed by atoms with Gasteiger partial charge in [-0.3, -0.25) is 4.79 Å². The normalized spacial score (nSPS) is 9.93. The zero-order valence-electron chi connectivity index (χ0n) is 15.5. The van der Waals surface area contributed by atoms with Gasteiger partial charge >= 0.3 is 5.97 Å². The molecule has 0 heterocycles. The molecular formula is C19H21NO7. The molecule has 0 bridgehead atoms. The number of amides is 1. The highest BCUT2D eigenvalue weighted by Crippen LogP contribution is 2.35. The average Bonchev–Trinajstić information content (AvgIpc) is 2.70. The first-order chi connectivity index (χ1) is 13.0. The molecule has 0 aliphatic carbocycles. The predicted molar refractivity (Wildman–Crippen MR) is 98.0 cm³/mol. The molecule has 2 aromatic carbocycles. The summed E-state index contributed by atoms with van der Waals surface area (Å²) >= 11 is 0. The highest BCUT2D eigenvalue weighted by atomic mass is 16.6. The molecule has 8 heteroatoms. The largest absolute Gasteiger partial charge is 0.496 e. The van der Waals surface area contributed by atoms with Crippen molar-refractivity contribution in [2.75, 3.05) is 40.4 Å². The Hall–Kier alpha value is -3.42. The lowest BCUT2D eigenvalue weighted by atomic mass is 10.1. The van der Waals surface area contributed by atoms with Crippen LogP contribution in [-0.2, 0) is 9.53 Å².